The number of nitrogens with one attached hydrogen (secondary N) is 2. The van der Waals surface area contributed by atoms with Crippen molar-refractivity contribution in [1.29, 1.82) is 0 Å². The van der Waals surface area contributed by atoms with Gasteiger partial charge < -0.3 is 25.2 Å². The first-order valence-corrected chi connectivity index (χ1v) is 9.57. The summed E-state index contributed by atoms with van der Waals surface area (Å²) in [4.78, 5) is 14.0. The van der Waals surface area contributed by atoms with E-state index in [0.29, 0.717) is 11.1 Å². The fourth-order valence-corrected chi connectivity index (χ4v) is 3.44. The summed E-state index contributed by atoms with van der Waals surface area (Å²) in [5.74, 6) is 2.47. The molecule has 138 valence electrons. The monoisotopic (exact) mass is 364 g/mol. The van der Waals surface area contributed by atoms with Crippen LogP contribution in [0.4, 0.5) is 17.6 Å². The van der Waals surface area contributed by atoms with Gasteiger partial charge in [-0.2, -0.15) is 9.97 Å². The van der Waals surface area contributed by atoms with Gasteiger partial charge >= 0.3 is 0 Å². The highest BCUT2D eigenvalue weighted by molar-refractivity contribution is 7.80. The molecule has 2 saturated heterocycles. The third kappa shape index (κ3) is 5.15. The Morgan fingerprint density at radius 3 is 2.24 bits per heavy atom. The van der Waals surface area contributed by atoms with Crippen molar-refractivity contribution in [3.63, 3.8) is 0 Å². The van der Waals surface area contributed by atoms with Crippen LogP contribution in [-0.2, 0) is 4.74 Å². The van der Waals surface area contributed by atoms with E-state index >= 15 is 0 Å². The Morgan fingerprint density at radius 1 is 1.04 bits per heavy atom. The molecule has 3 heterocycles. The van der Waals surface area contributed by atoms with E-state index in [0.717, 1.165) is 51.0 Å². The van der Waals surface area contributed by atoms with Gasteiger partial charge in [0.1, 0.15) is 11.6 Å². The number of morpholine rings is 1. The van der Waals surface area contributed by atoms with Crippen molar-refractivity contribution < 1.29 is 4.74 Å². The molecule has 7 nitrogen and oxygen atoms in total. The van der Waals surface area contributed by atoms with Gasteiger partial charge in [-0.15, -0.1) is 0 Å². The molecular weight excluding hydrogens is 336 g/mol. The largest absolute Gasteiger partial charge is 0.378 e. The Balaban J connectivity index is 1.83. The summed E-state index contributed by atoms with van der Waals surface area (Å²) in [6.45, 7) is 9.38. The lowest BCUT2D eigenvalue weighted by molar-refractivity contribution is 0.122. The first-order valence-electron chi connectivity index (χ1n) is 9.16. The molecule has 0 unspecified atom stereocenters. The van der Waals surface area contributed by atoms with E-state index in [-0.39, 0.29) is 6.04 Å². The normalized spacial score (nSPS) is 18.4. The highest BCUT2D eigenvalue weighted by Gasteiger charge is 2.19. The summed E-state index contributed by atoms with van der Waals surface area (Å²) in [6, 6.07) is 2.37. The molecule has 0 atom stereocenters. The zero-order valence-electron chi connectivity index (χ0n) is 15.1. The number of anilines is 3. The molecule has 1 aromatic rings. The fourth-order valence-electron chi connectivity index (χ4n) is 3.12. The summed E-state index contributed by atoms with van der Waals surface area (Å²) < 4.78 is 5.46. The van der Waals surface area contributed by atoms with Gasteiger partial charge in [0, 0.05) is 38.3 Å². The summed E-state index contributed by atoms with van der Waals surface area (Å²) in [7, 11) is 0. The predicted molar refractivity (Wildman–Crippen MR) is 106 cm³/mol. The van der Waals surface area contributed by atoms with Gasteiger partial charge in [-0.1, -0.05) is 0 Å². The molecule has 0 radical (unpaired) electrons. The number of hydrogen-bond acceptors (Lipinski definition) is 6. The van der Waals surface area contributed by atoms with Gasteiger partial charge in [-0.25, -0.2) is 0 Å². The van der Waals surface area contributed by atoms with E-state index in [1.54, 1.807) is 0 Å². The molecule has 3 rings (SSSR count). The topological polar surface area (TPSA) is 65.6 Å². The molecule has 25 heavy (non-hydrogen) atoms. The molecule has 2 aliphatic rings. The first-order chi connectivity index (χ1) is 12.1. The molecule has 0 bridgehead atoms. The average molecular weight is 365 g/mol. The maximum absolute atomic E-state index is 5.46. The number of piperidine rings is 1. The van der Waals surface area contributed by atoms with Crippen LogP contribution in [0.1, 0.15) is 33.1 Å². The lowest BCUT2D eigenvalue weighted by atomic mass is 10.1. The first kappa shape index (κ1) is 18.1. The number of nitrogens with zero attached hydrogens (tertiary/aromatic N) is 4. The van der Waals surface area contributed by atoms with E-state index < -0.39 is 0 Å². The van der Waals surface area contributed by atoms with Crippen LogP contribution in [0, 0.1) is 0 Å². The van der Waals surface area contributed by atoms with Crippen LogP contribution in [0.25, 0.3) is 0 Å². The van der Waals surface area contributed by atoms with Crippen LogP contribution in [0.15, 0.2) is 6.07 Å². The minimum atomic E-state index is 0.268. The number of thiocarbonyl (C=S) groups is 1. The SMILES string of the molecule is CC(C)NC(=S)Nc1nc(N2CCCCC2)cc(N2CCOCC2)n1. The fraction of sp³-hybridized carbons (Fsp3) is 0.706. The standard InChI is InChI=1S/C17H28N6OS/c1-13(2)18-17(25)21-16-19-14(22-6-4-3-5-7-22)12-15(20-16)23-8-10-24-11-9-23/h12-13H,3-11H2,1-2H3,(H2,18,19,20,21,25). The molecule has 2 fully saturated rings. The molecule has 2 aliphatic heterocycles. The highest BCUT2D eigenvalue weighted by atomic mass is 32.1. The van der Waals surface area contributed by atoms with Crippen LogP contribution >= 0.6 is 12.2 Å². The quantitative estimate of drug-likeness (QED) is 0.787. The minimum absolute atomic E-state index is 0.268. The Morgan fingerprint density at radius 2 is 1.64 bits per heavy atom. The van der Waals surface area contributed by atoms with Crippen LogP contribution in [0.2, 0.25) is 0 Å². The Kier molecular flexibility index (Phi) is 6.25. The lowest BCUT2D eigenvalue weighted by Gasteiger charge is -2.31. The van der Waals surface area contributed by atoms with Crippen molar-refractivity contribution >= 4 is 34.9 Å². The average Bonchev–Trinajstić information content (AvgIpc) is 2.62. The maximum atomic E-state index is 5.46. The molecule has 0 amide bonds. The van der Waals surface area contributed by atoms with Crippen molar-refractivity contribution in [2.24, 2.45) is 0 Å². The van der Waals surface area contributed by atoms with Crippen molar-refractivity contribution in [3.8, 4) is 0 Å². The second kappa shape index (κ2) is 8.62. The summed E-state index contributed by atoms with van der Waals surface area (Å²) in [6.07, 6.45) is 3.73. The summed E-state index contributed by atoms with van der Waals surface area (Å²) >= 11 is 5.36. The highest BCUT2D eigenvalue weighted by Crippen LogP contribution is 2.24. The Hall–Kier alpha value is -1.67. The second-order valence-corrected chi connectivity index (χ2v) is 7.22. The lowest BCUT2D eigenvalue weighted by Crippen LogP contribution is -2.38. The van der Waals surface area contributed by atoms with Crippen LogP contribution in [0.5, 0.6) is 0 Å². The van der Waals surface area contributed by atoms with Gasteiger partial charge in [0.05, 0.1) is 13.2 Å². The molecular formula is C17H28N6OS. The Bertz CT molecular complexity index is 548. The maximum Gasteiger partial charge on any atom is 0.232 e. The summed E-state index contributed by atoms with van der Waals surface area (Å²) in [5.41, 5.74) is 0. The molecule has 0 aliphatic carbocycles. The predicted octanol–water partition coefficient (Wildman–Crippen LogP) is 2.00. The van der Waals surface area contributed by atoms with E-state index in [9.17, 15) is 0 Å². The zero-order chi connectivity index (χ0) is 17.6. The van der Waals surface area contributed by atoms with Crippen LogP contribution in [0.3, 0.4) is 0 Å². The number of ether oxygens (including phenoxy) is 1. The van der Waals surface area contributed by atoms with Gasteiger partial charge in [0.25, 0.3) is 0 Å². The third-order valence-corrected chi connectivity index (χ3v) is 4.58. The zero-order valence-corrected chi connectivity index (χ0v) is 15.9. The van der Waals surface area contributed by atoms with Crippen LogP contribution in [-0.4, -0.2) is 60.5 Å². The molecule has 1 aromatic heterocycles. The smallest absolute Gasteiger partial charge is 0.232 e. The van der Waals surface area contributed by atoms with Gasteiger partial charge in [0.2, 0.25) is 5.95 Å². The second-order valence-electron chi connectivity index (χ2n) is 6.81. The molecule has 0 saturated carbocycles. The van der Waals surface area contributed by atoms with Gasteiger partial charge in [-0.05, 0) is 45.3 Å². The van der Waals surface area contributed by atoms with Gasteiger partial charge in [-0.3, -0.25) is 0 Å². The van der Waals surface area contributed by atoms with E-state index in [2.05, 4.69) is 40.3 Å². The van der Waals surface area contributed by atoms with Crippen molar-refractivity contribution in [2.45, 2.75) is 39.2 Å². The minimum Gasteiger partial charge on any atom is -0.378 e. The molecule has 0 spiro atoms. The van der Waals surface area contributed by atoms with Crippen LogP contribution < -0.4 is 20.4 Å². The number of aromatic nitrogens is 2. The van der Waals surface area contributed by atoms with E-state index in [1.807, 2.05) is 0 Å². The number of rotatable bonds is 4. The van der Waals surface area contributed by atoms with Crippen molar-refractivity contribution in [1.82, 2.24) is 15.3 Å². The molecule has 8 heteroatoms. The Labute approximate surface area is 155 Å². The van der Waals surface area contributed by atoms with E-state index in [4.69, 9.17) is 26.9 Å². The molecule has 2 N–H and O–H groups in total. The third-order valence-electron chi connectivity index (χ3n) is 4.36. The van der Waals surface area contributed by atoms with Crippen molar-refractivity contribution in [2.75, 3.05) is 54.5 Å². The molecule has 0 aromatic carbocycles. The van der Waals surface area contributed by atoms with E-state index in [1.165, 1.54) is 19.3 Å². The van der Waals surface area contributed by atoms with Crippen molar-refractivity contribution in [3.05, 3.63) is 6.07 Å². The van der Waals surface area contributed by atoms with Gasteiger partial charge in [0.15, 0.2) is 5.11 Å². The summed E-state index contributed by atoms with van der Waals surface area (Å²) in [5, 5.41) is 6.88. The number of hydrogen-bond donors (Lipinski definition) is 2.